The quantitative estimate of drug-likeness (QED) is 0.686. The van der Waals surface area contributed by atoms with Crippen LogP contribution in [0.4, 0.5) is 0 Å². The summed E-state index contributed by atoms with van der Waals surface area (Å²) < 4.78 is 9.85. The van der Waals surface area contributed by atoms with Gasteiger partial charge in [-0.25, -0.2) is 4.79 Å². The smallest absolute Gasteiger partial charge is 0.337 e. The highest BCUT2D eigenvalue weighted by Gasteiger charge is 2.13. The van der Waals surface area contributed by atoms with Gasteiger partial charge in [-0.2, -0.15) is 0 Å². The molecule has 0 aliphatic carbocycles. The fourth-order valence-electron chi connectivity index (χ4n) is 2.25. The summed E-state index contributed by atoms with van der Waals surface area (Å²) in [7, 11) is 1.35. The second kappa shape index (κ2) is 7.76. The molecule has 0 aliphatic heterocycles. The number of thiophene rings is 1. The molecule has 0 atom stereocenters. The van der Waals surface area contributed by atoms with Crippen LogP contribution in [0.3, 0.4) is 0 Å². The van der Waals surface area contributed by atoms with Crippen LogP contribution in [0.25, 0.3) is 10.6 Å². The van der Waals surface area contributed by atoms with Gasteiger partial charge in [0.2, 0.25) is 0 Å². The normalized spacial score (nSPS) is 10.4. The maximum Gasteiger partial charge on any atom is 0.337 e. The largest absolute Gasteiger partial charge is 0.465 e. The van der Waals surface area contributed by atoms with Crippen molar-refractivity contribution in [2.75, 3.05) is 13.7 Å². The van der Waals surface area contributed by atoms with E-state index in [2.05, 4.69) is 15.2 Å². The predicted molar refractivity (Wildman–Crippen MR) is 93.6 cm³/mol. The fraction of sp³-hybridized carbons (Fsp3) is 0.167. The van der Waals surface area contributed by atoms with Crippen LogP contribution >= 0.6 is 11.3 Å². The zero-order valence-corrected chi connectivity index (χ0v) is 14.3. The van der Waals surface area contributed by atoms with E-state index in [1.807, 2.05) is 29.6 Å². The van der Waals surface area contributed by atoms with Crippen LogP contribution in [0.15, 0.2) is 52.4 Å². The third-order valence-electron chi connectivity index (χ3n) is 3.58. The van der Waals surface area contributed by atoms with Gasteiger partial charge in [0, 0.05) is 12.6 Å². The van der Waals surface area contributed by atoms with Gasteiger partial charge in [-0.15, -0.1) is 11.3 Å². The van der Waals surface area contributed by atoms with Gasteiger partial charge < -0.3 is 14.6 Å². The third kappa shape index (κ3) is 4.13. The molecule has 0 aliphatic rings. The molecule has 2 aromatic heterocycles. The monoisotopic (exact) mass is 356 g/mol. The number of benzene rings is 1. The van der Waals surface area contributed by atoms with E-state index < -0.39 is 0 Å². The molecule has 6 nitrogen and oxygen atoms in total. The Labute approximate surface area is 148 Å². The van der Waals surface area contributed by atoms with Gasteiger partial charge in [-0.05, 0) is 35.6 Å². The van der Waals surface area contributed by atoms with Crippen LogP contribution in [-0.4, -0.2) is 30.7 Å². The highest BCUT2D eigenvalue weighted by Crippen LogP contribution is 2.25. The number of methoxy groups -OCH3 is 1. The lowest BCUT2D eigenvalue weighted by Gasteiger charge is -2.04. The van der Waals surface area contributed by atoms with Gasteiger partial charge in [0.1, 0.15) is 0 Å². The Hall–Kier alpha value is -2.93. The summed E-state index contributed by atoms with van der Waals surface area (Å²) in [5.41, 5.74) is 1.76. The molecule has 1 N–H and O–H groups in total. The lowest BCUT2D eigenvalue weighted by Crippen LogP contribution is -2.25. The van der Waals surface area contributed by atoms with Crippen molar-refractivity contribution in [1.82, 2.24) is 10.5 Å². The summed E-state index contributed by atoms with van der Waals surface area (Å²) >= 11 is 1.52. The SMILES string of the molecule is COC(=O)c1ccc(CCNC(=O)c2cc(-c3cccs3)on2)cc1. The Morgan fingerprint density at radius 3 is 2.72 bits per heavy atom. The Morgan fingerprint density at radius 2 is 2.04 bits per heavy atom. The molecular formula is C18H16N2O4S. The average Bonchev–Trinajstić information content (AvgIpc) is 3.32. The summed E-state index contributed by atoms with van der Waals surface area (Å²) in [6, 6.07) is 12.5. The van der Waals surface area contributed by atoms with E-state index in [0.29, 0.717) is 24.3 Å². The van der Waals surface area contributed by atoms with Crippen molar-refractivity contribution < 1.29 is 18.8 Å². The van der Waals surface area contributed by atoms with Crippen LogP contribution in [0.1, 0.15) is 26.4 Å². The molecule has 1 aromatic carbocycles. The zero-order valence-electron chi connectivity index (χ0n) is 13.5. The van der Waals surface area contributed by atoms with Crippen LogP contribution < -0.4 is 5.32 Å². The van der Waals surface area contributed by atoms with Crippen LogP contribution in [0, 0.1) is 0 Å². The standard InChI is InChI=1S/C18H16N2O4S/c1-23-18(22)13-6-4-12(5-7-13)8-9-19-17(21)14-11-15(24-20-14)16-3-2-10-25-16/h2-7,10-11H,8-9H2,1H3,(H,19,21). The topological polar surface area (TPSA) is 81.4 Å². The highest BCUT2D eigenvalue weighted by atomic mass is 32.1. The summed E-state index contributed by atoms with van der Waals surface area (Å²) in [5.74, 6) is -0.0660. The average molecular weight is 356 g/mol. The van der Waals surface area contributed by atoms with Gasteiger partial charge in [0.15, 0.2) is 11.5 Å². The Balaban J connectivity index is 1.52. The van der Waals surface area contributed by atoms with Crippen LogP contribution in [0.5, 0.6) is 0 Å². The van der Waals surface area contributed by atoms with E-state index in [1.165, 1.54) is 18.4 Å². The number of aromatic nitrogens is 1. The van der Waals surface area contributed by atoms with Gasteiger partial charge in [-0.1, -0.05) is 23.4 Å². The molecule has 0 fully saturated rings. The van der Waals surface area contributed by atoms with Crippen molar-refractivity contribution in [1.29, 1.82) is 0 Å². The maximum atomic E-state index is 12.1. The number of hydrogen-bond acceptors (Lipinski definition) is 6. The number of ether oxygens (including phenoxy) is 1. The van der Waals surface area contributed by atoms with E-state index in [4.69, 9.17) is 4.52 Å². The molecule has 3 rings (SSSR count). The number of amides is 1. The van der Waals surface area contributed by atoms with Crippen molar-refractivity contribution in [3.63, 3.8) is 0 Å². The molecular weight excluding hydrogens is 340 g/mol. The lowest BCUT2D eigenvalue weighted by atomic mass is 10.1. The first-order valence-electron chi connectivity index (χ1n) is 7.63. The first-order valence-corrected chi connectivity index (χ1v) is 8.51. The molecule has 0 saturated carbocycles. The number of nitrogens with zero attached hydrogens (tertiary/aromatic N) is 1. The van der Waals surface area contributed by atoms with Gasteiger partial charge in [-0.3, -0.25) is 4.79 Å². The van der Waals surface area contributed by atoms with Gasteiger partial charge in [0.05, 0.1) is 17.6 Å². The van der Waals surface area contributed by atoms with E-state index in [-0.39, 0.29) is 17.6 Å². The van der Waals surface area contributed by atoms with Gasteiger partial charge in [0.25, 0.3) is 5.91 Å². The number of carbonyl (C=O) groups is 2. The molecule has 2 heterocycles. The minimum Gasteiger partial charge on any atom is -0.465 e. The van der Waals surface area contributed by atoms with E-state index in [9.17, 15) is 9.59 Å². The van der Waals surface area contributed by atoms with Crippen molar-refractivity contribution in [3.8, 4) is 10.6 Å². The number of rotatable bonds is 6. The second-order valence-corrected chi connectivity index (χ2v) is 6.20. The summed E-state index contributed by atoms with van der Waals surface area (Å²) in [4.78, 5) is 24.4. The summed E-state index contributed by atoms with van der Waals surface area (Å²) in [6.07, 6.45) is 0.642. The molecule has 128 valence electrons. The molecule has 0 spiro atoms. The van der Waals surface area contributed by atoms with Crippen molar-refractivity contribution in [3.05, 3.63) is 64.7 Å². The molecule has 0 unspecified atom stereocenters. The summed E-state index contributed by atoms with van der Waals surface area (Å²) in [5, 5.41) is 8.54. The van der Waals surface area contributed by atoms with Crippen molar-refractivity contribution in [2.24, 2.45) is 0 Å². The van der Waals surface area contributed by atoms with E-state index in [1.54, 1.807) is 18.2 Å². The Kier molecular flexibility index (Phi) is 5.25. The van der Waals surface area contributed by atoms with Crippen molar-refractivity contribution >= 4 is 23.2 Å². The molecule has 0 radical (unpaired) electrons. The minimum absolute atomic E-state index is 0.254. The lowest BCUT2D eigenvalue weighted by molar-refractivity contribution is 0.0600. The highest BCUT2D eigenvalue weighted by molar-refractivity contribution is 7.13. The number of carbonyl (C=O) groups excluding carboxylic acids is 2. The Morgan fingerprint density at radius 1 is 1.24 bits per heavy atom. The second-order valence-electron chi connectivity index (χ2n) is 5.25. The van der Waals surface area contributed by atoms with Crippen LogP contribution in [-0.2, 0) is 11.2 Å². The number of nitrogens with one attached hydrogen (secondary N) is 1. The third-order valence-corrected chi connectivity index (χ3v) is 4.47. The van der Waals surface area contributed by atoms with Gasteiger partial charge >= 0.3 is 5.97 Å². The first-order chi connectivity index (χ1) is 12.2. The molecule has 0 bridgehead atoms. The fourth-order valence-corrected chi connectivity index (χ4v) is 2.93. The van der Waals surface area contributed by atoms with E-state index >= 15 is 0 Å². The molecule has 3 aromatic rings. The first kappa shape index (κ1) is 16.9. The predicted octanol–water partition coefficient (Wildman–Crippen LogP) is 3.16. The van der Waals surface area contributed by atoms with Crippen molar-refractivity contribution in [2.45, 2.75) is 6.42 Å². The maximum absolute atomic E-state index is 12.1. The zero-order chi connectivity index (χ0) is 17.6. The molecule has 7 heteroatoms. The van der Waals surface area contributed by atoms with Crippen LogP contribution in [0.2, 0.25) is 0 Å². The van der Waals surface area contributed by atoms with E-state index in [0.717, 1.165) is 10.4 Å². The number of hydrogen-bond donors (Lipinski definition) is 1. The Bertz CT molecular complexity index is 854. The number of esters is 1. The molecule has 0 saturated heterocycles. The molecule has 25 heavy (non-hydrogen) atoms. The molecule has 1 amide bonds. The minimum atomic E-state index is -0.368. The summed E-state index contributed by atoms with van der Waals surface area (Å²) in [6.45, 7) is 0.456.